The maximum absolute atomic E-state index is 12.2. The van der Waals surface area contributed by atoms with Gasteiger partial charge in [-0.25, -0.2) is 9.97 Å². The number of hydrogen-bond acceptors (Lipinski definition) is 6. The summed E-state index contributed by atoms with van der Waals surface area (Å²) >= 11 is 4.87. The third kappa shape index (κ3) is 2.69. The summed E-state index contributed by atoms with van der Waals surface area (Å²) in [7, 11) is 0. The van der Waals surface area contributed by atoms with Crippen LogP contribution in [0.2, 0.25) is 0 Å². The molecule has 1 N–H and O–H groups in total. The lowest BCUT2D eigenvalue weighted by Gasteiger charge is -2.00. The molecule has 0 bridgehead atoms. The number of imidazole rings is 1. The van der Waals surface area contributed by atoms with E-state index in [-0.39, 0.29) is 5.91 Å². The molecule has 0 aliphatic carbocycles. The topological polar surface area (TPSA) is 59.8 Å². The molecule has 22 heavy (non-hydrogen) atoms. The minimum atomic E-state index is -0.153. The van der Waals surface area contributed by atoms with Crippen molar-refractivity contribution in [1.82, 2.24) is 19.9 Å². The van der Waals surface area contributed by atoms with Crippen molar-refractivity contribution >= 4 is 40.3 Å². The Morgan fingerprint density at radius 2 is 2.32 bits per heavy atom. The number of thiazole rings is 1. The summed E-state index contributed by atoms with van der Waals surface area (Å²) in [6.45, 7) is 1.43. The van der Waals surface area contributed by atoms with E-state index in [0.717, 1.165) is 33.0 Å². The van der Waals surface area contributed by atoms with Gasteiger partial charge in [0.15, 0.2) is 5.16 Å². The maximum atomic E-state index is 12.2. The van der Waals surface area contributed by atoms with Crippen molar-refractivity contribution in [3.63, 3.8) is 0 Å². The number of hydrogen-bond donors (Lipinski definition) is 1. The molecule has 0 saturated carbocycles. The standard InChI is InChI=1S/C14H12N4OS3/c19-12(10-8-22-13(17-10)11-2-1-4-20-11)15-6-9-7-18-3-5-21-14(18)16-9/h1-2,4,7-8H,3,5-6H2,(H,15,19). The number of fused-ring (bicyclic) bond motifs is 1. The Bertz CT molecular complexity index is 785. The van der Waals surface area contributed by atoms with E-state index >= 15 is 0 Å². The van der Waals surface area contributed by atoms with Crippen LogP contribution in [-0.2, 0) is 13.1 Å². The Hall–Kier alpha value is -1.64. The largest absolute Gasteiger partial charge is 0.345 e. The number of thiophene rings is 1. The SMILES string of the molecule is O=C(NCc1cn2c(n1)SCC2)c1csc(-c2cccs2)n1. The van der Waals surface area contributed by atoms with Gasteiger partial charge in [-0.1, -0.05) is 17.8 Å². The third-order valence-electron chi connectivity index (χ3n) is 3.25. The van der Waals surface area contributed by atoms with Gasteiger partial charge < -0.3 is 9.88 Å². The zero-order valence-corrected chi connectivity index (χ0v) is 13.9. The summed E-state index contributed by atoms with van der Waals surface area (Å²) in [6, 6.07) is 3.99. The zero-order chi connectivity index (χ0) is 14.9. The first-order valence-electron chi connectivity index (χ1n) is 6.76. The summed E-state index contributed by atoms with van der Waals surface area (Å²) in [6.07, 6.45) is 2.01. The van der Waals surface area contributed by atoms with Crippen molar-refractivity contribution in [3.8, 4) is 9.88 Å². The predicted octanol–water partition coefficient (Wildman–Crippen LogP) is 3.10. The molecule has 0 radical (unpaired) electrons. The highest BCUT2D eigenvalue weighted by molar-refractivity contribution is 7.99. The van der Waals surface area contributed by atoms with Gasteiger partial charge in [0, 0.05) is 23.9 Å². The van der Waals surface area contributed by atoms with E-state index in [1.807, 2.05) is 23.7 Å². The van der Waals surface area contributed by atoms with Crippen LogP contribution in [0.1, 0.15) is 16.2 Å². The maximum Gasteiger partial charge on any atom is 0.271 e. The quantitative estimate of drug-likeness (QED) is 0.787. The van der Waals surface area contributed by atoms with Gasteiger partial charge in [-0.15, -0.1) is 22.7 Å². The van der Waals surface area contributed by atoms with Gasteiger partial charge in [0.25, 0.3) is 5.91 Å². The van der Waals surface area contributed by atoms with Crippen LogP contribution in [0, 0.1) is 0 Å². The summed E-state index contributed by atoms with van der Waals surface area (Å²) in [5.41, 5.74) is 1.36. The highest BCUT2D eigenvalue weighted by Crippen LogP contribution is 2.28. The van der Waals surface area contributed by atoms with Gasteiger partial charge in [0.2, 0.25) is 0 Å². The van der Waals surface area contributed by atoms with Crippen LogP contribution in [0.25, 0.3) is 9.88 Å². The molecule has 1 aliphatic heterocycles. The van der Waals surface area contributed by atoms with Crippen molar-refractivity contribution in [2.75, 3.05) is 5.75 Å². The Labute approximate surface area is 139 Å². The molecule has 1 amide bonds. The number of thioether (sulfide) groups is 1. The molecule has 4 heterocycles. The number of aryl methyl sites for hydroxylation is 1. The molecule has 3 aromatic heterocycles. The van der Waals surface area contributed by atoms with Gasteiger partial charge in [0.1, 0.15) is 10.7 Å². The normalized spacial score (nSPS) is 13.3. The Morgan fingerprint density at radius 1 is 1.36 bits per heavy atom. The van der Waals surface area contributed by atoms with Gasteiger partial charge >= 0.3 is 0 Å². The van der Waals surface area contributed by atoms with Crippen molar-refractivity contribution in [3.05, 3.63) is 40.5 Å². The van der Waals surface area contributed by atoms with Crippen LogP contribution >= 0.6 is 34.4 Å². The summed E-state index contributed by atoms with van der Waals surface area (Å²) in [4.78, 5) is 22.2. The average Bonchev–Trinajstić information content (AvgIpc) is 3.26. The summed E-state index contributed by atoms with van der Waals surface area (Å²) in [5, 5.41) is 8.62. The van der Waals surface area contributed by atoms with Gasteiger partial charge in [0.05, 0.1) is 17.1 Å². The smallest absolute Gasteiger partial charge is 0.271 e. The summed E-state index contributed by atoms with van der Waals surface area (Å²) in [5.74, 6) is 0.930. The number of aromatic nitrogens is 3. The molecule has 0 aromatic carbocycles. The van der Waals surface area contributed by atoms with E-state index in [9.17, 15) is 4.79 Å². The van der Waals surface area contributed by atoms with Crippen molar-refractivity contribution in [2.45, 2.75) is 18.2 Å². The number of amides is 1. The molecule has 8 heteroatoms. The Morgan fingerprint density at radius 3 is 3.14 bits per heavy atom. The minimum Gasteiger partial charge on any atom is -0.345 e. The monoisotopic (exact) mass is 348 g/mol. The van der Waals surface area contributed by atoms with E-state index in [0.29, 0.717) is 12.2 Å². The lowest BCUT2D eigenvalue weighted by molar-refractivity contribution is 0.0946. The second kappa shape index (κ2) is 5.86. The molecule has 4 rings (SSSR count). The molecule has 0 atom stereocenters. The van der Waals surface area contributed by atoms with Crippen LogP contribution in [0.3, 0.4) is 0 Å². The van der Waals surface area contributed by atoms with E-state index in [2.05, 4.69) is 19.9 Å². The van der Waals surface area contributed by atoms with E-state index in [4.69, 9.17) is 0 Å². The van der Waals surface area contributed by atoms with Crippen LogP contribution in [-0.4, -0.2) is 26.2 Å². The van der Waals surface area contributed by atoms with E-state index < -0.39 is 0 Å². The van der Waals surface area contributed by atoms with Gasteiger partial charge in [-0.3, -0.25) is 4.79 Å². The zero-order valence-electron chi connectivity index (χ0n) is 11.5. The molecule has 0 unspecified atom stereocenters. The number of carbonyl (C=O) groups is 1. The first-order valence-corrected chi connectivity index (χ1v) is 9.50. The van der Waals surface area contributed by atoms with Crippen LogP contribution in [0.15, 0.2) is 34.2 Å². The molecule has 112 valence electrons. The molecule has 3 aromatic rings. The van der Waals surface area contributed by atoms with E-state index in [1.165, 1.54) is 11.3 Å². The Kier molecular flexibility index (Phi) is 3.73. The lowest BCUT2D eigenvalue weighted by atomic mass is 10.4. The fraction of sp³-hybridized carbons (Fsp3) is 0.214. The van der Waals surface area contributed by atoms with Crippen molar-refractivity contribution in [2.24, 2.45) is 0 Å². The van der Waals surface area contributed by atoms with E-state index in [1.54, 1.807) is 28.5 Å². The van der Waals surface area contributed by atoms with Crippen molar-refractivity contribution in [1.29, 1.82) is 0 Å². The third-order valence-corrected chi connectivity index (χ3v) is 6.10. The van der Waals surface area contributed by atoms with Crippen LogP contribution in [0.4, 0.5) is 0 Å². The number of rotatable bonds is 4. The molecule has 0 fully saturated rings. The molecular weight excluding hydrogens is 336 g/mol. The second-order valence-electron chi connectivity index (χ2n) is 4.75. The Balaban J connectivity index is 1.41. The van der Waals surface area contributed by atoms with Gasteiger partial charge in [-0.05, 0) is 11.4 Å². The van der Waals surface area contributed by atoms with Crippen LogP contribution < -0.4 is 5.32 Å². The summed E-state index contributed by atoms with van der Waals surface area (Å²) < 4.78 is 2.13. The van der Waals surface area contributed by atoms with Crippen molar-refractivity contribution < 1.29 is 4.79 Å². The first-order chi connectivity index (χ1) is 10.8. The molecule has 1 aliphatic rings. The molecule has 5 nitrogen and oxygen atoms in total. The lowest BCUT2D eigenvalue weighted by Crippen LogP contribution is -2.23. The minimum absolute atomic E-state index is 0.153. The highest BCUT2D eigenvalue weighted by Gasteiger charge is 2.16. The second-order valence-corrected chi connectivity index (χ2v) is 7.62. The van der Waals surface area contributed by atoms with Crippen LogP contribution in [0.5, 0.6) is 0 Å². The van der Waals surface area contributed by atoms with Gasteiger partial charge in [-0.2, -0.15) is 0 Å². The number of nitrogens with zero attached hydrogens (tertiary/aromatic N) is 3. The number of nitrogens with one attached hydrogen (secondary N) is 1. The molecule has 0 saturated heterocycles. The number of carbonyl (C=O) groups excluding carboxylic acids is 1. The fourth-order valence-electron chi connectivity index (χ4n) is 2.20. The fourth-order valence-corrected chi connectivity index (χ4v) is 4.78. The molecule has 0 spiro atoms. The highest BCUT2D eigenvalue weighted by atomic mass is 32.2. The average molecular weight is 348 g/mol. The predicted molar refractivity (Wildman–Crippen MR) is 89.5 cm³/mol. The first kappa shape index (κ1) is 14.0. The molecular formula is C14H12N4OS3.